The van der Waals surface area contributed by atoms with Crippen molar-refractivity contribution in [2.75, 3.05) is 12.4 Å². The number of aliphatic hydroxyl groups is 1. The average Bonchev–Trinajstić information content (AvgIpc) is 3.10. The van der Waals surface area contributed by atoms with Crippen LogP contribution in [0.2, 0.25) is 0 Å². The fourth-order valence-electron chi connectivity index (χ4n) is 3.00. The van der Waals surface area contributed by atoms with Crippen molar-refractivity contribution in [2.24, 2.45) is 0 Å². The molecule has 3 aromatic rings. The van der Waals surface area contributed by atoms with E-state index in [-0.39, 0.29) is 5.92 Å². The van der Waals surface area contributed by atoms with E-state index in [1.807, 2.05) is 59.3 Å². The van der Waals surface area contributed by atoms with Crippen LogP contribution < -0.4 is 10.1 Å². The molecule has 0 aliphatic heterocycles. The first-order chi connectivity index (χ1) is 12.7. The predicted molar refractivity (Wildman–Crippen MR) is 101 cm³/mol. The van der Waals surface area contributed by atoms with Crippen LogP contribution in [0.5, 0.6) is 5.75 Å². The monoisotopic (exact) mass is 348 g/mol. The zero-order valence-corrected chi connectivity index (χ0v) is 14.5. The summed E-state index contributed by atoms with van der Waals surface area (Å²) in [5, 5.41) is 17.5. The standard InChI is InChI=1S/C20H20N4O2/c1-26-17-8-2-14(3-9-17)12-21-19-10-11-20-22-13-18(24(20)23-19)15-4-6-16(25)7-5-15/h2-4,6-11,13,15,25H,5,12H2,1H3,(H,21,23). The molecule has 1 aromatic carbocycles. The Kier molecular flexibility index (Phi) is 4.31. The van der Waals surface area contributed by atoms with Crippen LogP contribution in [0.3, 0.4) is 0 Å². The van der Waals surface area contributed by atoms with E-state index >= 15 is 0 Å². The van der Waals surface area contributed by atoms with E-state index in [0.717, 1.165) is 34.9 Å². The van der Waals surface area contributed by atoms with Gasteiger partial charge >= 0.3 is 0 Å². The van der Waals surface area contributed by atoms with Gasteiger partial charge in [-0.05, 0) is 48.4 Å². The molecular formula is C20H20N4O2. The van der Waals surface area contributed by atoms with E-state index in [1.54, 1.807) is 13.2 Å². The number of benzene rings is 1. The van der Waals surface area contributed by atoms with E-state index in [0.29, 0.717) is 12.3 Å². The van der Waals surface area contributed by atoms with Gasteiger partial charge in [0.15, 0.2) is 5.65 Å². The molecule has 1 atom stereocenters. The summed E-state index contributed by atoms with van der Waals surface area (Å²) in [7, 11) is 1.66. The Hall–Kier alpha value is -3.28. The van der Waals surface area contributed by atoms with Gasteiger partial charge in [0.05, 0.1) is 19.0 Å². The number of anilines is 1. The van der Waals surface area contributed by atoms with Crippen molar-refractivity contribution in [3.05, 3.63) is 77.8 Å². The molecule has 2 heterocycles. The number of ether oxygens (including phenoxy) is 1. The van der Waals surface area contributed by atoms with Gasteiger partial charge in [-0.25, -0.2) is 9.50 Å². The predicted octanol–water partition coefficient (Wildman–Crippen LogP) is 3.84. The van der Waals surface area contributed by atoms with Crippen LogP contribution >= 0.6 is 0 Å². The van der Waals surface area contributed by atoms with Gasteiger partial charge in [-0.2, -0.15) is 0 Å². The second-order valence-electron chi connectivity index (χ2n) is 6.20. The van der Waals surface area contributed by atoms with E-state index < -0.39 is 0 Å². The van der Waals surface area contributed by atoms with Crippen LogP contribution in [0.1, 0.15) is 23.6 Å². The third-order valence-corrected chi connectivity index (χ3v) is 4.48. The fraction of sp³-hybridized carbons (Fsp3) is 0.200. The Labute approximate surface area is 151 Å². The number of aromatic nitrogens is 3. The molecule has 4 rings (SSSR count). The molecule has 1 aliphatic carbocycles. The zero-order chi connectivity index (χ0) is 17.9. The van der Waals surface area contributed by atoms with Crippen LogP contribution in [0.4, 0.5) is 5.82 Å². The lowest BCUT2D eigenvalue weighted by atomic mass is 9.97. The number of nitrogens with zero attached hydrogens (tertiary/aromatic N) is 3. The molecule has 0 amide bonds. The highest BCUT2D eigenvalue weighted by atomic mass is 16.5. The third-order valence-electron chi connectivity index (χ3n) is 4.48. The molecular weight excluding hydrogens is 328 g/mol. The molecule has 0 saturated heterocycles. The van der Waals surface area contributed by atoms with Crippen molar-refractivity contribution in [1.82, 2.24) is 14.6 Å². The Morgan fingerprint density at radius 2 is 2.08 bits per heavy atom. The van der Waals surface area contributed by atoms with Gasteiger partial charge in [0.25, 0.3) is 0 Å². The van der Waals surface area contributed by atoms with Crippen molar-refractivity contribution in [3.63, 3.8) is 0 Å². The normalized spacial score (nSPS) is 16.5. The Morgan fingerprint density at radius 3 is 2.81 bits per heavy atom. The summed E-state index contributed by atoms with van der Waals surface area (Å²) in [5.41, 5.74) is 2.96. The first kappa shape index (κ1) is 16.2. The van der Waals surface area contributed by atoms with Crippen molar-refractivity contribution >= 4 is 11.5 Å². The minimum absolute atomic E-state index is 0.158. The molecule has 0 radical (unpaired) electrons. The highest BCUT2D eigenvalue weighted by Gasteiger charge is 2.16. The van der Waals surface area contributed by atoms with Crippen molar-refractivity contribution in [2.45, 2.75) is 18.9 Å². The summed E-state index contributed by atoms with van der Waals surface area (Å²) in [6.45, 7) is 0.673. The Balaban J connectivity index is 1.53. The summed E-state index contributed by atoms with van der Waals surface area (Å²) in [5.74, 6) is 2.10. The minimum atomic E-state index is 0.158. The van der Waals surface area contributed by atoms with Crippen molar-refractivity contribution in [3.8, 4) is 5.75 Å². The van der Waals surface area contributed by atoms with Crippen LogP contribution in [0, 0.1) is 0 Å². The zero-order valence-electron chi connectivity index (χ0n) is 14.5. The molecule has 132 valence electrons. The molecule has 1 aliphatic rings. The number of hydrogen-bond donors (Lipinski definition) is 2. The second kappa shape index (κ2) is 6.92. The maximum Gasteiger partial charge on any atom is 0.153 e. The Bertz CT molecular complexity index is 973. The van der Waals surface area contributed by atoms with Crippen LogP contribution in [-0.4, -0.2) is 26.8 Å². The maximum atomic E-state index is 9.51. The number of imidazole rings is 1. The smallest absolute Gasteiger partial charge is 0.153 e. The number of allylic oxidation sites excluding steroid dienone is 3. The quantitative estimate of drug-likeness (QED) is 0.733. The summed E-state index contributed by atoms with van der Waals surface area (Å²) in [4.78, 5) is 4.43. The van der Waals surface area contributed by atoms with Crippen molar-refractivity contribution in [1.29, 1.82) is 0 Å². The molecule has 2 aromatic heterocycles. The van der Waals surface area contributed by atoms with Gasteiger partial charge < -0.3 is 15.2 Å². The molecule has 0 saturated carbocycles. The molecule has 1 unspecified atom stereocenters. The largest absolute Gasteiger partial charge is 0.508 e. The van der Waals surface area contributed by atoms with Gasteiger partial charge in [-0.1, -0.05) is 18.2 Å². The highest BCUT2D eigenvalue weighted by Crippen LogP contribution is 2.26. The number of methoxy groups -OCH3 is 1. The minimum Gasteiger partial charge on any atom is -0.508 e. The topological polar surface area (TPSA) is 71.7 Å². The molecule has 0 spiro atoms. The SMILES string of the molecule is COc1ccc(CNc2ccc3ncc(C4C=CC(O)=CC4)n3n2)cc1. The van der Waals surface area contributed by atoms with Gasteiger partial charge in [0, 0.05) is 12.5 Å². The van der Waals surface area contributed by atoms with Crippen LogP contribution in [0.15, 0.2) is 66.6 Å². The highest BCUT2D eigenvalue weighted by molar-refractivity contribution is 5.47. The molecule has 26 heavy (non-hydrogen) atoms. The number of fused-ring (bicyclic) bond motifs is 1. The first-order valence-corrected chi connectivity index (χ1v) is 8.52. The second-order valence-corrected chi connectivity index (χ2v) is 6.20. The van der Waals surface area contributed by atoms with Gasteiger partial charge in [-0.15, -0.1) is 5.10 Å². The van der Waals surface area contributed by atoms with Gasteiger partial charge in [-0.3, -0.25) is 0 Å². The van der Waals surface area contributed by atoms with Gasteiger partial charge in [0.2, 0.25) is 0 Å². The molecule has 0 fully saturated rings. The fourth-order valence-corrected chi connectivity index (χ4v) is 3.00. The summed E-state index contributed by atoms with van der Waals surface area (Å²) >= 11 is 0. The van der Waals surface area contributed by atoms with Gasteiger partial charge in [0.1, 0.15) is 17.3 Å². The number of aliphatic hydroxyl groups excluding tert-OH is 1. The van der Waals surface area contributed by atoms with E-state index in [1.165, 1.54) is 0 Å². The van der Waals surface area contributed by atoms with E-state index in [9.17, 15) is 5.11 Å². The van der Waals surface area contributed by atoms with E-state index in [2.05, 4.69) is 15.4 Å². The summed E-state index contributed by atoms with van der Waals surface area (Å²) in [6.07, 6.45) is 8.11. The number of nitrogens with one attached hydrogen (secondary N) is 1. The maximum absolute atomic E-state index is 9.51. The molecule has 6 nitrogen and oxygen atoms in total. The lowest BCUT2D eigenvalue weighted by Gasteiger charge is -2.14. The van der Waals surface area contributed by atoms with Crippen LogP contribution in [-0.2, 0) is 6.54 Å². The van der Waals surface area contributed by atoms with Crippen molar-refractivity contribution < 1.29 is 9.84 Å². The molecule has 0 bridgehead atoms. The third kappa shape index (κ3) is 3.26. The van der Waals surface area contributed by atoms with E-state index in [4.69, 9.17) is 4.74 Å². The average molecular weight is 348 g/mol. The summed E-state index contributed by atoms with van der Waals surface area (Å²) < 4.78 is 7.04. The molecule has 6 heteroatoms. The lowest BCUT2D eigenvalue weighted by molar-refractivity contribution is 0.414. The number of hydrogen-bond acceptors (Lipinski definition) is 5. The Morgan fingerprint density at radius 1 is 1.23 bits per heavy atom. The first-order valence-electron chi connectivity index (χ1n) is 8.52. The number of rotatable bonds is 5. The lowest BCUT2D eigenvalue weighted by Crippen LogP contribution is -2.08. The van der Waals surface area contributed by atoms with Crippen LogP contribution in [0.25, 0.3) is 5.65 Å². The molecule has 2 N–H and O–H groups in total. The summed E-state index contributed by atoms with van der Waals surface area (Å²) in [6, 6.07) is 11.8.